The Morgan fingerprint density at radius 1 is 0.547 bits per heavy atom. The molecule has 64 heavy (non-hydrogen) atoms. The van der Waals surface area contributed by atoms with Gasteiger partial charge in [0.2, 0.25) is 0 Å². The van der Waals surface area contributed by atoms with E-state index in [2.05, 4.69) is 191 Å². The molecule has 0 aliphatic carbocycles. The fourth-order valence-electron chi connectivity index (χ4n) is 9.61. The summed E-state index contributed by atoms with van der Waals surface area (Å²) in [5.74, 6) is 0. The molecule has 304 valence electrons. The Hall–Kier alpha value is -8.28. The predicted octanol–water partition coefficient (Wildman–Crippen LogP) is 13.8. The molecule has 5 heterocycles. The highest BCUT2D eigenvalue weighted by Gasteiger charge is 2.16. The number of H-pyrrole nitrogens is 1. The van der Waals surface area contributed by atoms with E-state index in [-0.39, 0.29) is 0 Å². The second kappa shape index (κ2) is 15.3. The van der Waals surface area contributed by atoms with Crippen molar-refractivity contribution in [3.8, 4) is 50.2 Å². The Kier molecular flexibility index (Phi) is 8.94. The highest BCUT2D eigenvalue weighted by molar-refractivity contribution is 6.11. The lowest BCUT2D eigenvalue weighted by Crippen LogP contribution is -2.19. The van der Waals surface area contributed by atoms with Gasteiger partial charge in [0.05, 0.1) is 17.2 Å². The Morgan fingerprint density at radius 2 is 1.20 bits per heavy atom. The number of para-hydroxylation sites is 2. The Bertz CT molecular complexity index is 3920. The van der Waals surface area contributed by atoms with Gasteiger partial charge in [-0.15, -0.1) is 0 Å². The Morgan fingerprint density at radius 3 is 2.00 bits per heavy atom. The molecule has 0 bridgehead atoms. The quantitative estimate of drug-likeness (QED) is 0.174. The van der Waals surface area contributed by atoms with Crippen molar-refractivity contribution in [3.63, 3.8) is 0 Å². The molecule has 5 heteroatoms. The maximum atomic E-state index is 6.05. The number of rotatable bonds is 7. The Balaban J connectivity index is 0.863. The van der Waals surface area contributed by atoms with E-state index in [4.69, 9.17) is 9.40 Å². The largest absolute Gasteiger partial charge is 0.455 e. The van der Waals surface area contributed by atoms with Gasteiger partial charge in [-0.2, -0.15) is 0 Å². The standard InChI is InChI=1S/C59H42N4O/c1-3-57-48(49-27-28-60-36-58(49)64-57)24-21-38-12-8-13-39(29-38)40-14-9-15-41(30-40)44-22-25-53-50(32-44)52-34-46(35-61-59(52)62-53)43-17-10-16-42(31-43)45-23-26-56-51(33-45)47-18-5-7-20-55(47)63(56)54-19-6-4-11-37(54)2/h3-20,22-36H,21H2,1-2H3,(H,61,62)/b48-24-,57-3+. The maximum Gasteiger partial charge on any atom is 0.153 e. The zero-order valence-electron chi connectivity index (χ0n) is 35.5. The molecule has 0 amide bonds. The molecule has 0 aliphatic rings. The van der Waals surface area contributed by atoms with Crippen LogP contribution in [0.15, 0.2) is 193 Å². The van der Waals surface area contributed by atoms with Gasteiger partial charge >= 0.3 is 0 Å². The minimum absolute atomic E-state index is 0.791. The summed E-state index contributed by atoms with van der Waals surface area (Å²) in [6, 6.07) is 61.7. The molecule has 0 aliphatic heterocycles. The third kappa shape index (κ3) is 6.40. The second-order valence-electron chi connectivity index (χ2n) is 16.7. The summed E-state index contributed by atoms with van der Waals surface area (Å²) in [7, 11) is 0. The summed E-state index contributed by atoms with van der Waals surface area (Å²) in [6.45, 7) is 4.19. The van der Waals surface area contributed by atoms with E-state index in [1.54, 1.807) is 6.20 Å². The number of pyridine rings is 2. The highest BCUT2D eigenvalue weighted by Crippen LogP contribution is 2.38. The molecule has 0 saturated heterocycles. The average molecular weight is 823 g/mol. The number of furan rings is 1. The molecule has 1 N–H and O–H groups in total. The van der Waals surface area contributed by atoms with E-state index >= 15 is 0 Å². The van der Waals surface area contributed by atoms with Gasteiger partial charge in [0.25, 0.3) is 0 Å². The van der Waals surface area contributed by atoms with Gasteiger partial charge in [-0.05, 0) is 137 Å². The lowest BCUT2D eigenvalue weighted by Gasteiger charge is -2.11. The number of hydrogen-bond donors (Lipinski definition) is 1. The fraction of sp³-hybridized carbons (Fsp3) is 0.0508. The molecule has 5 nitrogen and oxygen atoms in total. The van der Waals surface area contributed by atoms with E-state index in [0.29, 0.717) is 0 Å². The lowest BCUT2D eigenvalue weighted by atomic mass is 9.96. The molecule has 0 fully saturated rings. The highest BCUT2D eigenvalue weighted by atomic mass is 16.3. The van der Waals surface area contributed by atoms with Crippen LogP contribution in [0, 0.1) is 6.92 Å². The number of nitrogens with zero attached hydrogens (tertiary/aromatic N) is 3. The van der Waals surface area contributed by atoms with Gasteiger partial charge in [0, 0.05) is 61.3 Å². The van der Waals surface area contributed by atoms with Crippen molar-refractivity contribution >= 4 is 66.9 Å². The van der Waals surface area contributed by atoms with E-state index in [0.717, 1.165) is 66.7 Å². The van der Waals surface area contributed by atoms with E-state index in [1.165, 1.54) is 66.4 Å². The SMILES string of the molecule is C/C=c1/oc2cnccc2/c1=C/Cc1cccc(-c2cccc(-c3ccc4[nH]c5ncc(-c6cccc(-c7ccc8c(c7)c7ccccc7n8-c7ccccc7C)c6)cc5c4c3)c2)c1. The first kappa shape index (κ1) is 37.5. The van der Waals surface area contributed by atoms with Crippen LogP contribution in [0.4, 0.5) is 0 Å². The van der Waals surface area contributed by atoms with Crippen LogP contribution in [-0.2, 0) is 6.42 Å². The fourth-order valence-corrected chi connectivity index (χ4v) is 9.61. The normalized spacial score (nSPS) is 12.5. The van der Waals surface area contributed by atoms with Gasteiger partial charge in [0.1, 0.15) is 11.1 Å². The molecule has 0 saturated carbocycles. The first-order valence-electron chi connectivity index (χ1n) is 21.9. The number of benzene rings is 7. The summed E-state index contributed by atoms with van der Waals surface area (Å²) in [5, 5.41) is 6.96. The smallest absolute Gasteiger partial charge is 0.153 e. The number of aromatic amines is 1. The number of aromatic nitrogens is 4. The molecular weight excluding hydrogens is 781 g/mol. The van der Waals surface area contributed by atoms with Crippen molar-refractivity contribution < 1.29 is 4.42 Å². The Labute approximate surface area is 369 Å². The van der Waals surface area contributed by atoms with Gasteiger partial charge in [0.15, 0.2) is 5.58 Å². The predicted molar refractivity (Wildman–Crippen MR) is 266 cm³/mol. The average Bonchev–Trinajstić information content (AvgIpc) is 4.02. The van der Waals surface area contributed by atoms with Crippen LogP contribution in [0.1, 0.15) is 18.1 Å². The molecular formula is C59H42N4O. The number of hydrogen-bond acceptors (Lipinski definition) is 3. The monoisotopic (exact) mass is 822 g/mol. The van der Waals surface area contributed by atoms with Crippen molar-refractivity contribution in [1.29, 1.82) is 0 Å². The third-order valence-electron chi connectivity index (χ3n) is 12.8. The van der Waals surface area contributed by atoms with Gasteiger partial charge < -0.3 is 14.0 Å². The third-order valence-corrected chi connectivity index (χ3v) is 12.8. The van der Waals surface area contributed by atoms with E-state index in [1.807, 2.05) is 31.5 Å². The molecule has 5 aromatic heterocycles. The number of aryl methyl sites for hydroxylation is 1. The maximum absolute atomic E-state index is 6.05. The molecule has 0 radical (unpaired) electrons. The molecule has 12 rings (SSSR count). The summed E-state index contributed by atoms with van der Waals surface area (Å²) >= 11 is 0. The summed E-state index contributed by atoms with van der Waals surface area (Å²) in [4.78, 5) is 12.8. The summed E-state index contributed by atoms with van der Waals surface area (Å²) in [5.41, 5.74) is 19.0. The summed E-state index contributed by atoms with van der Waals surface area (Å²) < 4.78 is 8.45. The van der Waals surface area contributed by atoms with Crippen LogP contribution < -0.4 is 10.6 Å². The van der Waals surface area contributed by atoms with Crippen LogP contribution in [0.2, 0.25) is 0 Å². The van der Waals surface area contributed by atoms with Gasteiger partial charge in [-0.1, -0.05) is 115 Å². The lowest BCUT2D eigenvalue weighted by molar-refractivity contribution is 0.573. The van der Waals surface area contributed by atoms with E-state index in [9.17, 15) is 0 Å². The summed E-state index contributed by atoms with van der Waals surface area (Å²) in [6.07, 6.45) is 10.7. The molecule has 7 aromatic carbocycles. The second-order valence-corrected chi connectivity index (χ2v) is 16.7. The van der Waals surface area contributed by atoms with Gasteiger partial charge in [-0.25, -0.2) is 4.98 Å². The van der Waals surface area contributed by atoms with Crippen LogP contribution in [-0.4, -0.2) is 19.5 Å². The zero-order chi connectivity index (χ0) is 42.7. The minimum atomic E-state index is 0.791. The van der Waals surface area contributed by atoms with E-state index < -0.39 is 0 Å². The molecule has 0 spiro atoms. The molecule has 0 atom stereocenters. The van der Waals surface area contributed by atoms with Crippen molar-refractivity contribution in [2.24, 2.45) is 0 Å². The van der Waals surface area contributed by atoms with Crippen molar-refractivity contribution in [2.45, 2.75) is 20.3 Å². The zero-order valence-corrected chi connectivity index (χ0v) is 35.5. The minimum Gasteiger partial charge on any atom is -0.455 e. The van der Waals surface area contributed by atoms with Crippen LogP contribution >= 0.6 is 0 Å². The number of fused-ring (bicyclic) bond motifs is 7. The topological polar surface area (TPSA) is 59.6 Å². The first-order valence-corrected chi connectivity index (χ1v) is 21.9. The van der Waals surface area contributed by atoms with Crippen LogP contribution in [0.3, 0.4) is 0 Å². The molecule has 12 aromatic rings. The number of nitrogens with one attached hydrogen (secondary N) is 1. The van der Waals surface area contributed by atoms with Crippen molar-refractivity contribution in [1.82, 2.24) is 19.5 Å². The van der Waals surface area contributed by atoms with Crippen molar-refractivity contribution in [2.75, 3.05) is 0 Å². The van der Waals surface area contributed by atoms with Gasteiger partial charge in [-0.3, -0.25) is 4.98 Å². The molecule has 0 unspecified atom stereocenters. The van der Waals surface area contributed by atoms with Crippen molar-refractivity contribution in [3.05, 3.63) is 210 Å². The van der Waals surface area contributed by atoms with Crippen LogP contribution in [0.25, 0.3) is 117 Å². The first-order chi connectivity index (χ1) is 31.6. The van der Waals surface area contributed by atoms with Crippen LogP contribution in [0.5, 0.6) is 0 Å².